The second-order valence-electron chi connectivity index (χ2n) is 6.04. The highest BCUT2D eigenvalue weighted by Crippen LogP contribution is 2.32. The van der Waals surface area contributed by atoms with E-state index >= 15 is 0 Å². The Morgan fingerprint density at radius 3 is 2.85 bits per heavy atom. The van der Waals surface area contributed by atoms with Gasteiger partial charge in [-0.2, -0.15) is 0 Å². The van der Waals surface area contributed by atoms with Crippen molar-refractivity contribution >= 4 is 28.8 Å². The minimum atomic E-state index is -0.406. The molecule has 4 rings (SSSR count). The highest BCUT2D eigenvalue weighted by molar-refractivity contribution is 5.83. The maximum atomic E-state index is 14.1. The van der Waals surface area contributed by atoms with Crippen molar-refractivity contribution in [1.29, 1.82) is 0 Å². The molecule has 0 amide bonds. The van der Waals surface area contributed by atoms with Gasteiger partial charge < -0.3 is 5.32 Å². The molecular formula is C20H17FN5+. The average Bonchev–Trinajstić information content (AvgIpc) is 3.12. The summed E-state index contributed by atoms with van der Waals surface area (Å²) in [5, 5.41) is 5.38. The number of anilines is 2. The van der Waals surface area contributed by atoms with Crippen LogP contribution in [0.1, 0.15) is 18.1 Å². The van der Waals surface area contributed by atoms with Crippen LogP contribution in [0.25, 0.3) is 23.0 Å². The molecule has 0 unspecified atom stereocenters. The minimum absolute atomic E-state index is 0.219. The fourth-order valence-corrected chi connectivity index (χ4v) is 2.89. The number of quaternary nitrogens is 1. The summed E-state index contributed by atoms with van der Waals surface area (Å²) in [5.41, 5.74) is 5.13. The molecule has 128 valence electrons. The monoisotopic (exact) mass is 346 g/mol. The molecule has 3 N–H and O–H groups in total. The van der Waals surface area contributed by atoms with E-state index in [0.717, 1.165) is 33.9 Å². The van der Waals surface area contributed by atoms with Crippen LogP contribution in [0.4, 0.5) is 21.6 Å². The Kier molecular flexibility index (Phi) is 4.02. The van der Waals surface area contributed by atoms with Gasteiger partial charge in [-0.15, -0.1) is 0 Å². The summed E-state index contributed by atoms with van der Waals surface area (Å²) in [6.45, 7) is 5.93. The van der Waals surface area contributed by atoms with Crippen LogP contribution in [0.5, 0.6) is 0 Å². The third-order valence-corrected chi connectivity index (χ3v) is 4.17. The first-order valence-corrected chi connectivity index (χ1v) is 8.18. The molecule has 0 bridgehead atoms. The van der Waals surface area contributed by atoms with Crippen LogP contribution in [0, 0.1) is 5.82 Å². The lowest BCUT2D eigenvalue weighted by molar-refractivity contribution is -0.495. The Bertz CT molecular complexity index is 1040. The fourth-order valence-electron chi connectivity index (χ4n) is 2.89. The maximum absolute atomic E-state index is 14.1. The standard InChI is InChI=1S/C20H16FN5/c1-12(2)14-11-25-18(19-15(21)4-3-7-22-19)10-17(14)26-16-6-9-24-20-13(16)5-8-23-20/h3-11H,1H2,2H3,(H2,23,24,25,26)/p+1. The van der Waals surface area contributed by atoms with Crippen LogP contribution in [-0.2, 0) is 0 Å². The molecule has 0 aliphatic carbocycles. The molecule has 0 radical (unpaired) electrons. The van der Waals surface area contributed by atoms with Crippen LogP contribution in [-0.4, -0.2) is 15.0 Å². The quantitative estimate of drug-likeness (QED) is 0.757. The normalized spacial score (nSPS) is 12.1. The van der Waals surface area contributed by atoms with Crippen molar-refractivity contribution in [2.45, 2.75) is 6.92 Å². The van der Waals surface area contributed by atoms with Crippen LogP contribution < -0.4 is 10.6 Å². The van der Waals surface area contributed by atoms with Gasteiger partial charge in [-0.25, -0.2) is 9.37 Å². The van der Waals surface area contributed by atoms with Crippen molar-refractivity contribution in [3.05, 3.63) is 72.6 Å². The summed E-state index contributed by atoms with van der Waals surface area (Å²) in [7, 11) is 0. The Hall–Kier alpha value is -3.38. The molecule has 0 aromatic carbocycles. The zero-order valence-corrected chi connectivity index (χ0v) is 14.2. The van der Waals surface area contributed by atoms with Gasteiger partial charge in [-0.1, -0.05) is 6.58 Å². The van der Waals surface area contributed by atoms with E-state index in [9.17, 15) is 4.39 Å². The molecular weight excluding hydrogens is 329 g/mol. The predicted octanol–water partition coefficient (Wildman–Crippen LogP) is 3.63. The Morgan fingerprint density at radius 1 is 1.15 bits per heavy atom. The molecule has 4 heterocycles. The van der Waals surface area contributed by atoms with Crippen molar-refractivity contribution in [3.8, 4) is 11.4 Å². The Labute approximate surface area is 150 Å². The highest BCUT2D eigenvalue weighted by atomic mass is 19.1. The molecule has 3 aromatic heterocycles. The average molecular weight is 346 g/mol. The number of rotatable bonds is 4. The van der Waals surface area contributed by atoms with Gasteiger partial charge in [0.25, 0.3) is 0 Å². The number of nitrogens with one attached hydrogen (secondary N) is 1. The van der Waals surface area contributed by atoms with Gasteiger partial charge in [0.1, 0.15) is 5.69 Å². The van der Waals surface area contributed by atoms with Gasteiger partial charge in [0.2, 0.25) is 5.82 Å². The molecule has 0 saturated heterocycles. The molecule has 0 fully saturated rings. The first-order chi connectivity index (χ1) is 12.6. The minimum Gasteiger partial charge on any atom is -0.354 e. The second-order valence-corrected chi connectivity index (χ2v) is 6.04. The lowest BCUT2D eigenvalue weighted by atomic mass is 10.1. The molecule has 0 spiro atoms. The molecule has 6 heteroatoms. The van der Waals surface area contributed by atoms with E-state index in [-0.39, 0.29) is 5.69 Å². The number of fused-ring (bicyclic) bond motifs is 1. The van der Waals surface area contributed by atoms with Crippen molar-refractivity contribution in [1.82, 2.24) is 15.0 Å². The lowest BCUT2D eigenvalue weighted by Crippen LogP contribution is -2.70. The van der Waals surface area contributed by atoms with Crippen molar-refractivity contribution in [2.24, 2.45) is 0 Å². The van der Waals surface area contributed by atoms with E-state index < -0.39 is 5.82 Å². The summed E-state index contributed by atoms with van der Waals surface area (Å²) >= 11 is 0. The highest BCUT2D eigenvalue weighted by Gasteiger charge is 2.17. The van der Waals surface area contributed by atoms with Gasteiger partial charge in [-0.05, 0) is 36.8 Å². The lowest BCUT2D eigenvalue weighted by Gasteiger charge is -2.14. The molecule has 3 aromatic rings. The largest absolute Gasteiger partial charge is 0.354 e. The van der Waals surface area contributed by atoms with Crippen LogP contribution >= 0.6 is 0 Å². The number of aromatic nitrogens is 3. The zero-order valence-electron chi connectivity index (χ0n) is 14.2. The van der Waals surface area contributed by atoms with E-state index in [0.29, 0.717) is 5.69 Å². The maximum Gasteiger partial charge on any atom is 0.238 e. The molecule has 1 aliphatic rings. The van der Waals surface area contributed by atoms with Crippen molar-refractivity contribution in [3.63, 3.8) is 0 Å². The van der Waals surface area contributed by atoms with Crippen LogP contribution in [0.3, 0.4) is 0 Å². The molecule has 1 aliphatic heterocycles. The summed E-state index contributed by atoms with van der Waals surface area (Å²) in [6.07, 6.45) is 8.97. The van der Waals surface area contributed by atoms with Crippen molar-refractivity contribution < 1.29 is 9.71 Å². The van der Waals surface area contributed by atoms with E-state index in [1.165, 1.54) is 6.07 Å². The van der Waals surface area contributed by atoms with Gasteiger partial charge in [-0.3, -0.25) is 15.3 Å². The van der Waals surface area contributed by atoms with E-state index in [1.807, 2.05) is 30.6 Å². The van der Waals surface area contributed by atoms with Gasteiger partial charge in [0.05, 0.1) is 23.1 Å². The number of nitrogens with two attached hydrogens (primary N) is 1. The summed E-state index contributed by atoms with van der Waals surface area (Å²) in [5.74, 6) is 0.508. The zero-order chi connectivity index (χ0) is 18.1. The second kappa shape index (κ2) is 6.50. The third kappa shape index (κ3) is 2.87. The summed E-state index contributed by atoms with van der Waals surface area (Å²) < 4.78 is 14.1. The van der Waals surface area contributed by atoms with Gasteiger partial charge in [0, 0.05) is 35.9 Å². The van der Waals surface area contributed by atoms with Gasteiger partial charge >= 0.3 is 0 Å². The number of hydrogen-bond donors (Lipinski definition) is 2. The SMILES string of the molecule is C=C(C)c1cnc(-c2ncccc2F)cc1Nc1ccnc2c1C=C[NH2+]2. The number of pyridine rings is 3. The van der Waals surface area contributed by atoms with E-state index in [4.69, 9.17) is 0 Å². The molecule has 26 heavy (non-hydrogen) atoms. The molecule has 0 atom stereocenters. The van der Waals surface area contributed by atoms with Gasteiger partial charge in [0.15, 0.2) is 5.82 Å². The molecule has 0 saturated carbocycles. The van der Waals surface area contributed by atoms with E-state index in [2.05, 4.69) is 26.8 Å². The van der Waals surface area contributed by atoms with Crippen LogP contribution in [0.2, 0.25) is 0 Å². The third-order valence-electron chi connectivity index (χ3n) is 4.17. The Balaban J connectivity index is 1.81. The number of allylic oxidation sites excluding steroid dienone is 1. The first kappa shape index (κ1) is 16.1. The summed E-state index contributed by atoms with van der Waals surface area (Å²) in [6, 6.07) is 6.64. The van der Waals surface area contributed by atoms with Crippen LogP contribution in [0.15, 0.2) is 55.6 Å². The molecule has 5 nitrogen and oxygen atoms in total. The topological polar surface area (TPSA) is 67.3 Å². The Morgan fingerprint density at radius 2 is 2.04 bits per heavy atom. The number of nitrogens with zero attached hydrogens (tertiary/aromatic N) is 3. The number of halogens is 1. The van der Waals surface area contributed by atoms with E-state index in [1.54, 1.807) is 30.7 Å². The van der Waals surface area contributed by atoms with Crippen molar-refractivity contribution in [2.75, 3.05) is 5.32 Å². The fraction of sp³-hybridized carbons (Fsp3) is 0.0500. The number of hydrogen-bond acceptors (Lipinski definition) is 4. The summed E-state index contributed by atoms with van der Waals surface area (Å²) in [4.78, 5) is 12.8. The smallest absolute Gasteiger partial charge is 0.238 e. The first-order valence-electron chi connectivity index (χ1n) is 8.18. The predicted molar refractivity (Wildman–Crippen MR) is 100 cm³/mol.